The van der Waals surface area contributed by atoms with Gasteiger partial charge >= 0.3 is 5.97 Å². The fourth-order valence-corrected chi connectivity index (χ4v) is 1.77. The molecular formula is C11H9N3O2S. The van der Waals surface area contributed by atoms with Crippen molar-refractivity contribution in [2.24, 2.45) is 10.2 Å². The molecule has 86 valence electrons. The van der Waals surface area contributed by atoms with Gasteiger partial charge < -0.3 is 10.8 Å². The Bertz CT molecular complexity index is 560. The molecule has 0 unspecified atom stereocenters. The fourth-order valence-electron chi connectivity index (χ4n) is 1.17. The molecule has 0 radical (unpaired) electrons. The van der Waals surface area contributed by atoms with Crippen LogP contribution >= 0.6 is 11.3 Å². The number of aromatic carboxylic acids is 1. The Morgan fingerprint density at radius 1 is 1.12 bits per heavy atom. The van der Waals surface area contributed by atoms with Crippen molar-refractivity contribution in [3.63, 3.8) is 0 Å². The molecule has 1 aromatic carbocycles. The highest BCUT2D eigenvalue weighted by Gasteiger charge is 2.01. The van der Waals surface area contributed by atoms with Crippen LogP contribution in [0.15, 0.2) is 46.6 Å². The van der Waals surface area contributed by atoms with Crippen LogP contribution in [0, 0.1) is 0 Å². The van der Waals surface area contributed by atoms with Crippen LogP contribution in [0.25, 0.3) is 0 Å². The molecule has 0 atom stereocenters. The van der Waals surface area contributed by atoms with Gasteiger partial charge in [0.2, 0.25) is 0 Å². The van der Waals surface area contributed by atoms with E-state index in [1.165, 1.54) is 23.5 Å². The molecule has 0 aliphatic heterocycles. The molecule has 0 aliphatic rings. The summed E-state index contributed by atoms with van der Waals surface area (Å²) >= 11 is 1.34. The molecule has 0 spiro atoms. The van der Waals surface area contributed by atoms with Gasteiger partial charge in [-0.3, -0.25) is 0 Å². The van der Waals surface area contributed by atoms with Gasteiger partial charge in [-0.15, -0.1) is 10.2 Å². The van der Waals surface area contributed by atoms with E-state index in [-0.39, 0.29) is 5.56 Å². The van der Waals surface area contributed by atoms with Crippen molar-refractivity contribution < 1.29 is 9.90 Å². The Hall–Kier alpha value is -2.21. The van der Waals surface area contributed by atoms with E-state index in [1.807, 2.05) is 0 Å². The van der Waals surface area contributed by atoms with Crippen LogP contribution in [0.1, 0.15) is 10.4 Å². The van der Waals surface area contributed by atoms with Gasteiger partial charge in [0.15, 0.2) is 0 Å². The lowest BCUT2D eigenvalue weighted by molar-refractivity contribution is 0.0697. The highest BCUT2D eigenvalue weighted by atomic mass is 32.1. The Morgan fingerprint density at radius 3 is 2.35 bits per heavy atom. The number of benzene rings is 1. The van der Waals surface area contributed by atoms with Crippen molar-refractivity contribution in [1.29, 1.82) is 0 Å². The van der Waals surface area contributed by atoms with Crippen LogP contribution in [0.5, 0.6) is 0 Å². The Balaban J connectivity index is 2.13. The minimum atomic E-state index is -0.959. The number of hydrogen-bond acceptors (Lipinski definition) is 5. The van der Waals surface area contributed by atoms with Gasteiger partial charge in [0, 0.05) is 0 Å². The molecule has 2 rings (SSSR count). The zero-order valence-corrected chi connectivity index (χ0v) is 9.52. The number of nitrogens with two attached hydrogens (primary N) is 1. The average molecular weight is 247 g/mol. The van der Waals surface area contributed by atoms with E-state index in [2.05, 4.69) is 10.2 Å². The molecule has 1 aromatic heterocycles. The molecule has 6 heteroatoms. The van der Waals surface area contributed by atoms with Gasteiger partial charge in [-0.05, 0) is 36.4 Å². The van der Waals surface area contributed by atoms with Gasteiger partial charge in [0.25, 0.3) is 0 Å². The maximum Gasteiger partial charge on any atom is 0.335 e. The lowest BCUT2D eigenvalue weighted by Gasteiger charge is -1.94. The Morgan fingerprint density at radius 2 is 1.82 bits per heavy atom. The van der Waals surface area contributed by atoms with Crippen LogP contribution in [0.3, 0.4) is 0 Å². The summed E-state index contributed by atoms with van der Waals surface area (Å²) in [5.74, 6) is -0.959. The highest BCUT2D eigenvalue weighted by Crippen LogP contribution is 2.28. The molecule has 0 bridgehead atoms. The average Bonchev–Trinajstić information content (AvgIpc) is 2.73. The number of carbonyl (C=O) groups is 1. The van der Waals surface area contributed by atoms with Crippen LogP contribution in [0.4, 0.5) is 15.7 Å². The van der Waals surface area contributed by atoms with Crippen LogP contribution in [-0.2, 0) is 0 Å². The van der Waals surface area contributed by atoms with Crippen molar-refractivity contribution in [2.45, 2.75) is 0 Å². The number of carboxylic acids is 1. The molecule has 0 saturated carbocycles. The summed E-state index contributed by atoms with van der Waals surface area (Å²) in [6.07, 6.45) is 0. The monoisotopic (exact) mass is 247 g/mol. The predicted molar refractivity (Wildman–Crippen MR) is 66.3 cm³/mol. The third kappa shape index (κ3) is 2.88. The molecule has 3 N–H and O–H groups in total. The molecular weight excluding hydrogens is 238 g/mol. The summed E-state index contributed by atoms with van der Waals surface area (Å²) in [4.78, 5) is 10.6. The highest BCUT2D eigenvalue weighted by molar-refractivity contribution is 7.19. The lowest BCUT2D eigenvalue weighted by atomic mass is 10.2. The molecule has 17 heavy (non-hydrogen) atoms. The Kier molecular flexibility index (Phi) is 3.15. The predicted octanol–water partition coefficient (Wildman–Crippen LogP) is 3.44. The smallest absolute Gasteiger partial charge is 0.335 e. The van der Waals surface area contributed by atoms with E-state index in [0.29, 0.717) is 15.7 Å². The topological polar surface area (TPSA) is 88.0 Å². The van der Waals surface area contributed by atoms with E-state index in [0.717, 1.165) is 0 Å². The van der Waals surface area contributed by atoms with Crippen LogP contribution < -0.4 is 5.73 Å². The van der Waals surface area contributed by atoms with Crippen LogP contribution in [-0.4, -0.2) is 11.1 Å². The first-order chi connectivity index (χ1) is 8.15. The third-order valence-corrected chi connectivity index (χ3v) is 2.79. The molecule has 0 fully saturated rings. The van der Waals surface area contributed by atoms with Crippen molar-refractivity contribution in [3.8, 4) is 0 Å². The number of carboxylic acid groups (broad SMARTS) is 1. The van der Waals surface area contributed by atoms with Crippen molar-refractivity contribution in [3.05, 3.63) is 42.0 Å². The van der Waals surface area contributed by atoms with Crippen LogP contribution in [0.2, 0.25) is 0 Å². The summed E-state index contributed by atoms with van der Waals surface area (Å²) in [7, 11) is 0. The summed E-state index contributed by atoms with van der Waals surface area (Å²) in [6.45, 7) is 0. The maximum absolute atomic E-state index is 10.6. The first kappa shape index (κ1) is 11.3. The molecule has 2 aromatic rings. The number of rotatable bonds is 3. The maximum atomic E-state index is 10.6. The molecule has 0 aliphatic carbocycles. The first-order valence-electron chi connectivity index (χ1n) is 4.75. The van der Waals surface area contributed by atoms with Crippen molar-refractivity contribution in [2.75, 3.05) is 5.73 Å². The summed E-state index contributed by atoms with van der Waals surface area (Å²) in [5, 5.41) is 18.1. The number of anilines is 1. The van der Waals surface area contributed by atoms with Crippen molar-refractivity contribution in [1.82, 2.24) is 0 Å². The van der Waals surface area contributed by atoms with Gasteiger partial charge in [-0.1, -0.05) is 11.3 Å². The SMILES string of the molecule is Nc1ccc(N=Nc2ccc(C(=O)O)cc2)s1. The van der Waals surface area contributed by atoms with E-state index in [4.69, 9.17) is 10.8 Å². The second kappa shape index (κ2) is 4.75. The summed E-state index contributed by atoms with van der Waals surface area (Å²) < 4.78 is 0. The minimum Gasteiger partial charge on any atom is -0.478 e. The second-order valence-electron chi connectivity index (χ2n) is 3.23. The largest absolute Gasteiger partial charge is 0.478 e. The van der Waals surface area contributed by atoms with E-state index in [9.17, 15) is 4.79 Å². The standard InChI is InChI=1S/C11H9N3O2S/c12-9-5-6-10(17-9)14-13-8-3-1-7(2-4-8)11(15)16/h1-6H,12H2,(H,15,16). The lowest BCUT2D eigenvalue weighted by Crippen LogP contribution is -1.93. The van der Waals surface area contributed by atoms with E-state index >= 15 is 0 Å². The minimum absolute atomic E-state index is 0.226. The second-order valence-corrected chi connectivity index (χ2v) is 4.32. The van der Waals surface area contributed by atoms with E-state index < -0.39 is 5.97 Å². The number of nitrogen functional groups attached to an aromatic ring is 1. The molecule has 1 heterocycles. The third-order valence-electron chi connectivity index (χ3n) is 1.99. The number of hydrogen-bond donors (Lipinski definition) is 2. The zero-order valence-electron chi connectivity index (χ0n) is 8.70. The molecule has 0 amide bonds. The quantitative estimate of drug-likeness (QED) is 0.814. The number of azo groups is 1. The van der Waals surface area contributed by atoms with E-state index in [1.54, 1.807) is 24.3 Å². The fraction of sp³-hybridized carbons (Fsp3) is 0. The zero-order chi connectivity index (χ0) is 12.3. The normalized spacial score (nSPS) is 10.8. The number of nitrogens with zero attached hydrogens (tertiary/aromatic N) is 2. The van der Waals surface area contributed by atoms with Gasteiger partial charge in [0.05, 0.1) is 16.3 Å². The molecule has 0 saturated heterocycles. The van der Waals surface area contributed by atoms with Gasteiger partial charge in [-0.25, -0.2) is 4.79 Å². The molecule has 5 nitrogen and oxygen atoms in total. The first-order valence-corrected chi connectivity index (χ1v) is 5.57. The number of thiophene rings is 1. The summed E-state index contributed by atoms with van der Waals surface area (Å²) in [6, 6.07) is 9.70. The van der Waals surface area contributed by atoms with Crippen molar-refractivity contribution >= 4 is 33.0 Å². The Labute approximate surface area is 101 Å². The van der Waals surface area contributed by atoms with Gasteiger partial charge in [0.1, 0.15) is 5.00 Å². The van der Waals surface area contributed by atoms with Gasteiger partial charge in [-0.2, -0.15) is 0 Å². The summed E-state index contributed by atoms with van der Waals surface area (Å²) in [5.41, 5.74) is 6.38.